The van der Waals surface area contributed by atoms with Crippen molar-refractivity contribution < 1.29 is 14.3 Å². The summed E-state index contributed by atoms with van der Waals surface area (Å²) in [6, 6.07) is 20.0. The van der Waals surface area contributed by atoms with Crippen molar-refractivity contribution in [2.45, 2.75) is 0 Å². The standard InChI is InChI=1S/C24H22ClN3O3/c1-28(13-14-30-2)23-18-15-16(26-24(29)17-7-3-4-8-19(17)25)11-12-21(18)31-22-10-6-5-9-20(22)27-23/h3-12,15H,13-14H2,1-2H3,(H,26,29). The number of aliphatic imine (C=N–C) groups is 1. The number of nitrogens with one attached hydrogen (secondary N) is 1. The number of rotatable bonds is 5. The molecular formula is C24H22ClN3O3. The topological polar surface area (TPSA) is 63.2 Å². The Balaban J connectivity index is 1.71. The number of hydrogen-bond acceptors (Lipinski definition) is 5. The van der Waals surface area contributed by atoms with E-state index in [0.717, 1.165) is 17.1 Å². The van der Waals surface area contributed by atoms with Gasteiger partial charge in [0.1, 0.15) is 17.3 Å². The van der Waals surface area contributed by atoms with E-state index in [2.05, 4.69) is 5.32 Å². The Kier molecular flexibility index (Phi) is 6.21. The number of fused-ring (bicyclic) bond motifs is 2. The summed E-state index contributed by atoms with van der Waals surface area (Å²) < 4.78 is 11.4. The minimum absolute atomic E-state index is 0.283. The number of carbonyl (C=O) groups excluding carboxylic acids is 1. The molecule has 4 rings (SSSR count). The second-order valence-corrected chi connectivity index (χ2v) is 7.47. The fourth-order valence-electron chi connectivity index (χ4n) is 3.27. The van der Waals surface area contributed by atoms with E-state index in [0.29, 0.717) is 40.9 Å². The van der Waals surface area contributed by atoms with Crippen molar-refractivity contribution in [3.8, 4) is 11.5 Å². The fourth-order valence-corrected chi connectivity index (χ4v) is 3.49. The maximum absolute atomic E-state index is 12.7. The number of halogens is 1. The molecule has 6 nitrogen and oxygen atoms in total. The van der Waals surface area contributed by atoms with Gasteiger partial charge in [-0.2, -0.15) is 0 Å². The molecule has 1 amide bonds. The number of hydrogen-bond donors (Lipinski definition) is 1. The van der Waals surface area contributed by atoms with Gasteiger partial charge in [0.05, 0.1) is 22.8 Å². The van der Waals surface area contributed by atoms with Crippen molar-refractivity contribution in [1.82, 2.24) is 4.90 Å². The van der Waals surface area contributed by atoms with Crippen LogP contribution < -0.4 is 10.1 Å². The lowest BCUT2D eigenvalue weighted by Crippen LogP contribution is -2.30. The Morgan fingerprint density at radius 3 is 2.68 bits per heavy atom. The van der Waals surface area contributed by atoms with E-state index in [1.807, 2.05) is 48.3 Å². The van der Waals surface area contributed by atoms with Gasteiger partial charge in [-0.25, -0.2) is 4.99 Å². The molecule has 3 aromatic carbocycles. The number of ether oxygens (including phenoxy) is 2. The van der Waals surface area contributed by atoms with Gasteiger partial charge in [0.15, 0.2) is 5.75 Å². The predicted octanol–water partition coefficient (Wildman–Crippen LogP) is 5.35. The Morgan fingerprint density at radius 2 is 1.87 bits per heavy atom. The van der Waals surface area contributed by atoms with E-state index in [9.17, 15) is 4.79 Å². The molecular weight excluding hydrogens is 414 g/mol. The van der Waals surface area contributed by atoms with Crippen LogP contribution >= 0.6 is 11.6 Å². The van der Waals surface area contributed by atoms with E-state index < -0.39 is 0 Å². The number of amides is 1. The van der Waals surface area contributed by atoms with Gasteiger partial charge < -0.3 is 19.7 Å². The average Bonchev–Trinajstić information content (AvgIpc) is 2.94. The van der Waals surface area contributed by atoms with Gasteiger partial charge in [0, 0.05) is 26.4 Å². The van der Waals surface area contributed by atoms with E-state index in [-0.39, 0.29) is 5.91 Å². The van der Waals surface area contributed by atoms with Crippen LogP contribution in [0.15, 0.2) is 71.7 Å². The van der Waals surface area contributed by atoms with Gasteiger partial charge in [-0.05, 0) is 42.5 Å². The van der Waals surface area contributed by atoms with Crippen LogP contribution in [0.5, 0.6) is 11.5 Å². The van der Waals surface area contributed by atoms with Crippen LogP contribution in [0.2, 0.25) is 5.02 Å². The number of para-hydroxylation sites is 2. The zero-order chi connectivity index (χ0) is 21.8. The van der Waals surface area contributed by atoms with Crippen molar-refractivity contribution >= 4 is 34.7 Å². The lowest BCUT2D eigenvalue weighted by Gasteiger charge is -2.22. The van der Waals surface area contributed by atoms with Gasteiger partial charge in [0.25, 0.3) is 5.91 Å². The summed E-state index contributed by atoms with van der Waals surface area (Å²) in [5.74, 6) is 1.77. The molecule has 0 atom stereocenters. The molecule has 1 aliphatic heterocycles. The largest absolute Gasteiger partial charge is 0.454 e. The van der Waals surface area contributed by atoms with Crippen LogP contribution in [0.3, 0.4) is 0 Å². The number of anilines is 1. The van der Waals surface area contributed by atoms with E-state index >= 15 is 0 Å². The molecule has 0 saturated heterocycles. The highest BCUT2D eigenvalue weighted by molar-refractivity contribution is 6.34. The highest BCUT2D eigenvalue weighted by Gasteiger charge is 2.22. The quantitative estimate of drug-likeness (QED) is 0.586. The number of carbonyl (C=O) groups is 1. The second-order valence-electron chi connectivity index (χ2n) is 7.06. The molecule has 0 radical (unpaired) electrons. The molecule has 7 heteroatoms. The lowest BCUT2D eigenvalue weighted by atomic mass is 10.1. The number of nitrogens with zero attached hydrogens (tertiary/aromatic N) is 2. The normalized spacial score (nSPS) is 12.0. The Hall–Kier alpha value is -3.35. The van der Waals surface area contributed by atoms with Crippen molar-refractivity contribution in [2.75, 3.05) is 32.6 Å². The molecule has 0 fully saturated rings. The van der Waals surface area contributed by atoms with E-state index in [1.165, 1.54) is 0 Å². The molecule has 1 N–H and O–H groups in total. The predicted molar refractivity (Wildman–Crippen MR) is 123 cm³/mol. The molecule has 158 valence electrons. The third-order valence-corrected chi connectivity index (χ3v) is 5.23. The lowest BCUT2D eigenvalue weighted by molar-refractivity contribution is 0.102. The first-order valence-electron chi connectivity index (χ1n) is 9.83. The summed E-state index contributed by atoms with van der Waals surface area (Å²) >= 11 is 6.17. The van der Waals surface area contributed by atoms with Crippen LogP contribution in [0.1, 0.15) is 15.9 Å². The molecule has 0 aliphatic carbocycles. The van der Waals surface area contributed by atoms with Crippen LogP contribution in [0.25, 0.3) is 0 Å². The summed E-state index contributed by atoms with van der Waals surface area (Å²) in [4.78, 5) is 19.6. The summed E-state index contributed by atoms with van der Waals surface area (Å²) in [6.45, 7) is 1.20. The van der Waals surface area contributed by atoms with Crippen molar-refractivity contribution in [1.29, 1.82) is 0 Å². The fraction of sp³-hybridized carbons (Fsp3) is 0.167. The van der Waals surface area contributed by atoms with Gasteiger partial charge in [-0.1, -0.05) is 35.9 Å². The highest BCUT2D eigenvalue weighted by atomic mass is 35.5. The molecule has 1 aliphatic rings. The average molecular weight is 436 g/mol. The van der Waals surface area contributed by atoms with Crippen molar-refractivity contribution in [3.63, 3.8) is 0 Å². The summed E-state index contributed by atoms with van der Waals surface area (Å²) in [7, 11) is 3.61. The molecule has 0 spiro atoms. The van der Waals surface area contributed by atoms with Crippen LogP contribution in [-0.4, -0.2) is 44.0 Å². The number of amidine groups is 1. The number of methoxy groups -OCH3 is 1. The highest BCUT2D eigenvalue weighted by Crippen LogP contribution is 2.38. The number of likely N-dealkylation sites (N-methyl/N-ethyl adjacent to an activating group) is 1. The third-order valence-electron chi connectivity index (χ3n) is 4.90. The first-order valence-corrected chi connectivity index (χ1v) is 10.2. The van der Waals surface area contributed by atoms with Crippen molar-refractivity contribution in [3.05, 3.63) is 82.9 Å². The first-order chi connectivity index (χ1) is 15.1. The first kappa shape index (κ1) is 20.9. The van der Waals surface area contributed by atoms with Gasteiger partial charge in [-0.3, -0.25) is 4.79 Å². The SMILES string of the molecule is COCCN(C)C1=Nc2ccccc2Oc2ccc(NC(=O)c3ccccc3Cl)cc21. The summed E-state index contributed by atoms with van der Waals surface area (Å²) in [5, 5.41) is 3.31. The third kappa shape index (κ3) is 4.55. The molecule has 0 unspecified atom stereocenters. The smallest absolute Gasteiger partial charge is 0.257 e. The summed E-state index contributed by atoms with van der Waals surface area (Å²) in [6.07, 6.45) is 0. The molecule has 1 heterocycles. The Bertz CT molecular complexity index is 1150. The molecule has 0 aromatic heterocycles. The zero-order valence-electron chi connectivity index (χ0n) is 17.3. The molecule has 0 bridgehead atoms. The van der Waals surface area contributed by atoms with Gasteiger partial charge >= 0.3 is 0 Å². The maximum atomic E-state index is 12.7. The summed E-state index contributed by atoms with van der Waals surface area (Å²) in [5.41, 5.74) is 2.53. The van der Waals surface area contributed by atoms with Crippen LogP contribution in [0, 0.1) is 0 Å². The van der Waals surface area contributed by atoms with Crippen LogP contribution in [-0.2, 0) is 4.74 Å². The number of benzene rings is 3. The minimum Gasteiger partial charge on any atom is -0.454 e. The second kappa shape index (κ2) is 9.20. The van der Waals surface area contributed by atoms with Crippen molar-refractivity contribution in [2.24, 2.45) is 4.99 Å². The molecule has 0 saturated carbocycles. The molecule has 31 heavy (non-hydrogen) atoms. The van der Waals surface area contributed by atoms with Gasteiger partial charge in [-0.15, -0.1) is 0 Å². The van der Waals surface area contributed by atoms with E-state index in [4.69, 9.17) is 26.1 Å². The van der Waals surface area contributed by atoms with E-state index in [1.54, 1.807) is 37.4 Å². The molecule has 3 aromatic rings. The zero-order valence-corrected chi connectivity index (χ0v) is 18.0. The minimum atomic E-state index is -0.283. The van der Waals surface area contributed by atoms with Crippen LogP contribution in [0.4, 0.5) is 11.4 Å². The maximum Gasteiger partial charge on any atom is 0.257 e. The Morgan fingerprint density at radius 1 is 1.10 bits per heavy atom. The monoisotopic (exact) mass is 435 g/mol. The Labute approximate surface area is 186 Å². The van der Waals surface area contributed by atoms with Gasteiger partial charge in [0.2, 0.25) is 0 Å².